The van der Waals surface area contributed by atoms with Crippen LogP contribution < -0.4 is 0 Å². The third kappa shape index (κ3) is 6.84. The Bertz CT molecular complexity index is 205. The summed E-state index contributed by atoms with van der Waals surface area (Å²) in [4.78, 5) is 0. The zero-order chi connectivity index (χ0) is 12.6. The molecular formula is C15H28O. The predicted octanol–water partition coefficient (Wildman–Crippen LogP) is 4.33. The molecule has 1 nitrogen and oxygen atoms in total. The standard InChI is InChI=1S/C15H28O/c1-6-7-11-15(16)14(5)13(4)10-8-9-12(2)3/h6,12-13,15-16H,1,5,7-11H2,2-4H3/t13-,15?/m1/s1. The van der Waals surface area contributed by atoms with Crippen molar-refractivity contribution in [2.24, 2.45) is 11.8 Å². The molecule has 0 aliphatic carbocycles. The summed E-state index contributed by atoms with van der Waals surface area (Å²) in [6.45, 7) is 14.3. The van der Waals surface area contributed by atoms with Gasteiger partial charge in [-0.25, -0.2) is 0 Å². The van der Waals surface area contributed by atoms with Crippen molar-refractivity contribution in [3.63, 3.8) is 0 Å². The number of hydrogen-bond acceptors (Lipinski definition) is 1. The Balaban J connectivity index is 3.83. The summed E-state index contributed by atoms with van der Waals surface area (Å²) in [7, 11) is 0. The Morgan fingerprint density at radius 2 is 1.81 bits per heavy atom. The van der Waals surface area contributed by atoms with E-state index in [1.807, 2.05) is 6.08 Å². The van der Waals surface area contributed by atoms with Gasteiger partial charge in [-0.05, 0) is 36.7 Å². The maximum absolute atomic E-state index is 9.88. The topological polar surface area (TPSA) is 20.2 Å². The number of hydrogen-bond donors (Lipinski definition) is 1. The van der Waals surface area contributed by atoms with E-state index in [9.17, 15) is 5.11 Å². The van der Waals surface area contributed by atoms with Gasteiger partial charge in [0.25, 0.3) is 0 Å². The van der Waals surface area contributed by atoms with Crippen LogP contribution in [0.1, 0.15) is 52.9 Å². The molecule has 94 valence electrons. The zero-order valence-electron chi connectivity index (χ0n) is 11.2. The monoisotopic (exact) mass is 224 g/mol. The first-order valence-corrected chi connectivity index (χ1v) is 6.46. The van der Waals surface area contributed by atoms with Gasteiger partial charge in [0.1, 0.15) is 0 Å². The highest BCUT2D eigenvalue weighted by atomic mass is 16.3. The molecule has 1 heteroatoms. The molecule has 0 spiro atoms. The van der Waals surface area contributed by atoms with Crippen LogP contribution in [-0.4, -0.2) is 11.2 Å². The van der Waals surface area contributed by atoms with E-state index in [4.69, 9.17) is 0 Å². The van der Waals surface area contributed by atoms with E-state index in [1.165, 1.54) is 12.8 Å². The summed E-state index contributed by atoms with van der Waals surface area (Å²) in [6.07, 6.45) is 6.75. The fourth-order valence-electron chi connectivity index (χ4n) is 1.81. The second-order valence-corrected chi connectivity index (χ2v) is 5.18. The van der Waals surface area contributed by atoms with Crippen LogP contribution in [0.15, 0.2) is 24.8 Å². The lowest BCUT2D eigenvalue weighted by atomic mass is 9.90. The molecule has 0 heterocycles. The van der Waals surface area contributed by atoms with Crippen molar-refractivity contribution in [2.45, 2.75) is 59.0 Å². The highest BCUT2D eigenvalue weighted by Crippen LogP contribution is 2.22. The summed E-state index contributed by atoms with van der Waals surface area (Å²) in [6, 6.07) is 0. The van der Waals surface area contributed by atoms with Gasteiger partial charge in [-0.1, -0.05) is 46.3 Å². The molecule has 0 aromatic rings. The highest BCUT2D eigenvalue weighted by Gasteiger charge is 2.14. The highest BCUT2D eigenvalue weighted by molar-refractivity contribution is 5.05. The van der Waals surface area contributed by atoms with Gasteiger partial charge in [-0.2, -0.15) is 0 Å². The average Bonchev–Trinajstić information content (AvgIpc) is 2.24. The van der Waals surface area contributed by atoms with Gasteiger partial charge in [-0.3, -0.25) is 0 Å². The quantitative estimate of drug-likeness (QED) is 0.578. The van der Waals surface area contributed by atoms with Crippen LogP contribution >= 0.6 is 0 Å². The number of rotatable bonds is 9. The fraction of sp³-hybridized carbons (Fsp3) is 0.733. The summed E-state index contributed by atoms with van der Waals surface area (Å²) in [5, 5.41) is 9.88. The Hall–Kier alpha value is -0.560. The second kappa shape index (κ2) is 8.58. The number of aliphatic hydroxyl groups excluding tert-OH is 1. The molecule has 0 bridgehead atoms. The first kappa shape index (κ1) is 15.4. The van der Waals surface area contributed by atoms with E-state index in [0.29, 0.717) is 5.92 Å². The first-order chi connectivity index (χ1) is 7.49. The van der Waals surface area contributed by atoms with Gasteiger partial charge < -0.3 is 5.11 Å². The second-order valence-electron chi connectivity index (χ2n) is 5.18. The molecule has 1 unspecified atom stereocenters. The Morgan fingerprint density at radius 1 is 1.19 bits per heavy atom. The van der Waals surface area contributed by atoms with E-state index < -0.39 is 0 Å². The van der Waals surface area contributed by atoms with E-state index in [1.54, 1.807) is 0 Å². The zero-order valence-corrected chi connectivity index (χ0v) is 11.2. The summed E-state index contributed by atoms with van der Waals surface area (Å²) >= 11 is 0. The van der Waals surface area contributed by atoms with Crippen LogP contribution in [-0.2, 0) is 0 Å². The van der Waals surface area contributed by atoms with Crippen molar-refractivity contribution in [1.82, 2.24) is 0 Å². The Labute approximate surface area is 101 Å². The lowest BCUT2D eigenvalue weighted by molar-refractivity contribution is 0.188. The first-order valence-electron chi connectivity index (χ1n) is 6.46. The molecule has 2 atom stereocenters. The van der Waals surface area contributed by atoms with Crippen LogP contribution in [0.4, 0.5) is 0 Å². The molecule has 0 saturated heterocycles. The molecule has 1 N–H and O–H groups in total. The third-order valence-electron chi connectivity index (χ3n) is 3.12. The van der Waals surface area contributed by atoms with Crippen LogP contribution in [0, 0.1) is 11.8 Å². The molecule has 0 aliphatic rings. The van der Waals surface area contributed by atoms with Gasteiger partial charge in [0.2, 0.25) is 0 Å². The van der Waals surface area contributed by atoms with E-state index in [0.717, 1.165) is 30.8 Å². The van der Waals surface area contributed by atoms with Crippen molar-refractivity contribution in [1.29, 1.82) is 0 Å². The molecule has 0 aliphatic heterocycles. The van der Waals surface area contributed by atoms with Crippen molar-refractivity contribution in [3.8, 4) is 0 Å². The molecule has 0 saturated carbocycles. The maximum Gasteiger partial charge on any atom is 0.0753 e. The molecule has 0 fully saturated rings. The minimum Gasteiger partial charge on any atom is -0.389 e. The lowest BCUT2D eigenvalue weighted by Crippen LogP contribution is -2.15. The third-order valence-corrected chi connectivity index (χ3v) is 3.12. The predicted molar refractivity (Wildman–Crippen MR) is 72.4 cm³/mol. The molecule has 0 aromatic heterocycles. The largest absolute Gasteiger partial charge is 0.389 e. The minimum atomic E-state index is -0.355. The summed E-state index contributed by atoms with van der Waals surface area (Å²) in [5.74, 6) is 1.20. The molecular weight excluding hydrogens is 196 g/mol. The van der Waals surface area contributed by atoms with Crippen molar-refractivity contribution in [2.75, 3.05) is 0 Å². The van der Waals surface area contributed by atoms with Crippen LogP contribution in [0.3, 0.4) is 0 Å². The lowest BCUT2D eigenvalue weighted by Gasteiger charge is -2.20. The van der Waals surface area contributed by atoms with Crippen LogP contribution in [0.5, 0.6) is 0 Å². The minimum absolute atomic E-state index is 0.355. The van der Waals surface area contributed by atoms with Gasteiger partial charge in [0.05, 0.1) is 6.10 Å². The average molecular weight is 224 g/mol. The van der Waals surface area contributed by atoms with Gasteiger partial charge in [0, 0.05) is 0 Å². The molecule has 0 rings (SSSR count). The Morgan fingerprint density at radius 3 is 2.31 bits per heavy atom. The van der Waals surface area contributed by atoms with Crippen LogP contribution in [0.2, 0.25) is 0 Å². The van der Waals surface area contributed by atoms with Crippen molar-refractivity contribution < 1.29 is 5.11 Å². The Kier molecular flexibility index (Phi) is 8.28. The summed E-state index contributed by atoms with van der Waals surface area (Å²) < 4.78 is 0. The van der Waals surface area contributed by atoms with Gasteiger partial charge >= 0.3 is 0 Å². The van der Waals surface area contributed by atoms with E-state index in [-0.39, 0.29) is 6.10 Å². The molecule has 0 aromatic carbocycles. The molecule has 0 radical (unpaired) electrons. The molecule has 0 amide bonds. The number of aliphatic hydroxyl groups is 1. The normalized spacial score (nSPS) is 14.8. The number of allylic oxidation sites excluding steroid dienone is 1. The molecule has 16 heavy (non-hydrogen) atoms. The van der Waals surface area contributed by atoms with E-state index >= 15 is 0 Å². The van der Waals surface area contributed by atoms with Gasteiger partial charge in [-0.15, -0.1) is 6.58 Å². The maximum atomic E-state index is 9.88. The van der Waals surface area contributed by atoms with Crippen molar-refractivity contribution >= 4 is 0 Å². The van der Waals surface area contributed by atoms with Crippen LogP contribution in [0.25, 0.3) is 0 Å². The van der Waals surface area contributed by atoms with Gasteiger partial charge in [0.15, 0.2) is 0 Å². The van der Waals surface area contributed by atoms with E-state index in [2.05, 4.69) is 33.9 Å². The summed E-state index contributed by atoms with van der Waals surface area (Å²) in [5.41, 5.74) is 0.991. The fourth-order valence-corrected chi connectivity index (χ4v) is 1.81. The smallest absolute Gasteiger partial charge is 0.0753 e. The van der Waals surface area contributed by atoms with Crippen molar-refractivity contribution in [3.05, 3.63) is 24.8 Å². The SMILES string of the molecule is C=CCCC(O)C(=C)[C@H](C)CCCC(C)C.